The second-order valence-electron chi connectivity index (χ2n) is 9.27. The van der Waals surface area contributed by atoms with E-state index in [-0.39, 0.29) is 22.9 Å². The van der Waals surface area contributed by atoms with Crippen LogP contribution in [0.4, 0.5) is 0 Å². The first-order valence-corrected chi connectivity index (χ1v) is 9.99. The van der Waals surface area contributed by atoms with Crippen molar-refractivity contribution in [1.29, 1.82) is 0 Å². The Balaban J connectivity index is 1.66. The first-order valence-electron chi connectivity index (χ1n) is 9.99. The van der Waals surface area contributed by atoms with Crippen LogP contribution in [-0.2, 0) is 9.53 Å². The molecule has 0 spiro atoms. The summed E-state index contributed by atoms with van der Waals surface area (Å²) in [5, 5.41) is 13.1. The molecule has 1 unspecified atom stereocenters. The van der Waals surface area contributed by atoms with Crippen molar-refractivity contribution >= 4 is 11.7 Å². The van der Waals surface area contributed by atoms with E-state index in [1.165, 1.54) is 31.8 Å². The molecule has 0 aromatic carbocycles. The molecule has 0 aromatic heterocycles. The predicted molar refractivity (Wildman–Crippen MR) is 96.5 cm³/mol. The number of ether oxygens (including phenoxy) is 1. The predicted octanol–water partition coefficient (Wildman–Crippen LogP) is 4.71. The number of nitrogens with zero attached hydrogens (tertiary/aromatic N) is 1. The van der Waals surface area contributed by atoms with Crippen molar-refractivity contribution in [3.05, 3.63) is 11.6 Å². The fourth-order valence-corrected chi connectivity index (χ4v) is 7.07. The van der Waals surface area contributed by atoms with E-state index in [1.807, 2.05) is 0 Å². The number of fused-ring (bicyclic) bond motifs is 5. The molecule has 4 nitrogen and oxygen atoms in total. The maximum atomic E-state index is 11.5. The lowest BCUT2D eigenvalue weighted by Crippen LogP contribution is -2.51. The molecular formula is C21H31NO3. The number of allylic oxidation sites excluding steroid dienone is 2. The summed E-state index contributed by atoms with van der Waals surface area (Å²) in [5.74, 6) is 1.84. The van der Waals surface area contributed by atoms with E-state index in [0.717, 1.165) is 37.8 Å². The van der Waals surface area contributed by atoms with E-state index in [2.05, 4.69) is 25.1 Å². The minimum atomic E-state index is -0.136. The van der Waals surface area contributed by atoms with Crippen LogP contribution in [0.3, 0.4) is 0 Å². The Morgan fingerprint density at radius 3 is 2.76 bits per heavy atom. The Bertz CT molecular complexity index is 639. The number of carbonyl (C=O) groups excluding carboxylic acids is 1. The molecule has 3 fully saturated rings. The Kier molecular flexibility index (Phi) is 4.01. The highest BCUT2D eigenvalue weighted by molar-refractivity contribution is 6.01. The van der Waals surface area contributed by atoms with Gasteiger partial charge in [-0.2, -0.15) is 0 Å². The monoisotopic (exact) mass is 345 g/mol. The smallest absolute Gasteiger partial charge is 0.302 e. The van der Waals surface area contributed by atoms with E-state index in [0.29, 0.717) is 17.8 Å². The number of rotatable bonds is 1. The molecule has 138 valence electrons. The molecule has 0 heterocycles. The second kappa shape index (κ2) is 5.85. The molecule has 0 saturated heterocycles. The lowest BCUT2D eigenvalue weighted by Gasteiger charge is -2.57. The number of hydrogen-bond acceptors (Lipinski definition) is 4. The quantitative estimate of drug-likeness (QED) is 0.425. The Hall–Kier alpha value is -1.32. The average Bonchev–Trinajstić information content (AvgIpc) is 2.89. The van der Waals surface area contributed by atoms with Crippen molar-refractivity contribution in [2.45, 2.75) is 78.2 Å². The normalized spacial score (nSPS) is 47.5. The molecule has 3 saturated carbocycles. The summed E-state index contributed by atoms with van der Waals surface area (Å²) in [6, 6.07) is 0. The number of hydrogen-bond donors (Lipinski definition) is 1. The topological polar surface area (TPSA) is 58.9 Å². The van der Waals surface area contributed by atoms with Crippen LogP contribution in [0, 0.1) is 28.6 Å². The van der Waals surface area contributed by atoms with Gasteiger partial charge in [0.2, 0.25) is 0 Å². The lowest BCUT2D eigenvalue weighted by atomic mass is 9.48. The fraction of sp³-hybridized carbons (Fsp3) is 0.810. The molecule has 0 bridgehead atoms. The number of oxime groups is 1. The number of carbonyl (C=O) groups is 1. The third-order valence-electron chi connectivity index (χ3n) is 8.23. The van der Waals surface area contributed by atoms with Gasteiger partial charge in [-0.05, 0) is 80.1 Å². The van der Waals surface area contributed by atoms with Gasteiger partial charge in [0.1, 0.15) is 6.10 Å². The summed E-state index contributed by atoms with van der Waals surface area (Å²) in [6.45, 7) is 6.30. The standard InChI is InChI=1S/C21H31NO3/c1-13(23)25-19-9-8-15-14-6-7-17-18(22-24)5-4-11-20(17,2)16(14)10-12-21(15,19)3/h7,14-16,19,24H,4-6,8-12H2,1-3H3/b22-18+/t14-,15-,16-,19?,20+,21-/m0/s1. The molecular weight excluding hydrogens is 314 g/mol. The molecule has 1 N–H and O–H groups in total. The Morgan fingerprint density at radius 2 is 2.04 bits per heavy atom. The van der Waals surface area contributed by atoms with E-state index in [1.54, 1.807) is 0 Å². The molecule has 4 aliphatic carbocycles. The van der Waals surface area contributed by atoms with Gasteiger partial charge in [-0.1, -0.05) is 25.1 Å². The Labute approximate surface area is 150 Å². The van der Waals surface area contributed by atoms with Gasteiger partial charge in [-0.25, -0.2) is 0 Å². The number of esters is 1. The van der Waals surface area contributed by atoms with Crippen LogP contribution in [0.5, 0.6) is 0 Å². The highest BCUT2D eigenvalue weighted by Gasteiger charge is 2.59. The van der Waals surface area contributed by atoms with Crippen molar-refractivity contribution in [3.63, 3.8) is 0 Å². The largest absolute Gasteiger partial charge is 0.462 e. The van der Waals surface area contributed by atoms with Crippen LogP contribution in [0.15, 0.2) is 16.8 Å². The second-order valence-corrected chi connectivity index (χ2v) is 9.27. The highest BCUT2D eigenvalue weighted by atomic mass is 16.5. The highest BCUT2D eigenvalue weighted by Crippen LogP contribution is 2.64. The van der Waals surface area contributed by atoms with Crippen LogP contribution < -0.4 is 0 Å². The van der Waals surface area contributed by atoms with E-state index >= 15 is 0 Å². The van der Waals surface area contributed by atoms with E-state index in [4.69, 9.17) is 4.74 Å². The maximum Gasteiger partial charge on any atom is 0.302 e. The van der Waals surface area contributed by atoms with Crippen molar-refractivity contribution in [2.24, 2.45) is 33.7 Å². The van der Waals surface area contributed by atoms with Gasteiger partial charge in [-0.15, -0.1) is 0 Å². The molecule has 6 atom stereocenters. The van der Waals surface area contributed by atoms with Crippen molar-refractivity contribution in [2.75, 3.05) is 0 Å². The van der Waals surface area contributed by atoms with Gasteiger partial charge < -0.3 is 9.94 Å². The van der Waals surface area contributed by atoms with Gasteiger partial charge in [-0.3, -0.25) is 4.79 Å². The van der Waals surface area contributed by atoms with Crippen LogP contribution in [0.1, 0.15) is 72.1 Å². The van der Waals surface area contributed by atoms with Crippen LogP contribution >= 0.6 is 0 Å². The van der Waals surface area contributed by atoms with Gasteiger partial charge >= 0.3 is 5.97 Å². The van der Waals surface area contributed by atoms with Gasteiger partial charge in [0.05, 0.1) is 5.71 Å². The van der Waals surface area contributed by atoms with E-state index in [9.17, 15) is 10.0 Å². The van der Waals surface area contributed by atoms with Crippen LogP contribution in [0.25, 0.3) is 0 Å². The first kappa shape index (κ1) is 17.1. The molecule has 4 aliphatic rings. The van der Waals surface area contributed by atoms with Crippen molar-refractivity contribution in [1.82, 2.24) is 0 Å². The molecule has 0 radical (unpaired) electrons. The molecule has 4 heteroatoms. The SMILES string of the molecule is CC(=O)OC1CC[C@H]2[C@@H]3CC=C4/C(=N/O)CCC[C@]4(C)[C@H]3CC[C@]12C. The average molecular weight is 345 g/mol. The minimum Gasteiger partial charge on any atom is -0.462 e. The van der Waals surface area contributed by atoms with E-state index < -0.39 is 0 Å². The zero-order valence-corrected chi connectivity index (χ0v) is 15.8. The third-order valence-corrected chi connectivity index (χ3v) is 8.23. The van der Waals surface area contributed by atoms with Gasteiger partial charge in [0, 0.05) is 12.3 Å². The van der Waals surface area contributed by atoms with Crippen LogP contribution in [-0.4, -0.2) is 23.0 Å². The zero-order chi connectivity index (χ0) is 17.8. The first-order chi connectivity index (χ1) is 11.9. The Morgan fingerprint density at radius 1 is 1.24 bits per heavy atom. The minimum absolute atomic E-state index is 0.0926. The van der Waals surface area contributed by atoms with Crippen molar-refractivity contribution in [3.8, 4) is 0 Å². The summed E-state index contributed by atoms with van der Waals surface area (Å²) >= 11 is 0. The summed E-state index contributed by atoms with van der Waals surface area (Å²) in [7, 11) is 0. The molecule has 0 amide bonds. The van der Waals surface area contributed by atoms with Crippen molar-refractivity contribution < 1.29 is 14.7 Å². The molecule has 0 aliphatic heterocycles. The maximum absolute atomic E-state index is 11.5. The molecule has 4 rings (SSSR count). The third kappa shape index (κ3) is 2.39. The summed E-state index contributed by atoms with van der Waals surface area (Å²) in [6.07, 6.45) is 11.3. The lowest BCUT2D eigenvalue weighted by molar-refractivity contribution is -0.156. The summed E-state index contributed by atoms with van der Waals surface area (Å²) < 4.78 is 5.72. The summed E-state index contributed by atoms with van der Waals surface area (Å²) in [4.78, 5) is 11.5. The zero-order valence-electron chi connectivity index (χ0n) is 15.8. The fourth-order valence-electron chi connectivity index (χ4n) is 7.07. The van der Waals surface area contributed by atoms with Crippen LogP contribution in [0.2, 0.25) is 0 Å². The van der Waals surface area contributed by atoms with Gasteiger partial charge in [0.15, 0.2) is 0 Å². The van der Waals surface area contributed by atoms with Gasteiger partial charge in [0.25, 0.3) is 0 Å². The summed E-state index contributed by atoms with van der Waals surface area (Å²) in [5.41, 5.74) is 2.53. The molecule has 0 aromatic rings. The molecule has 25 heavy (non-hydrogen) atoms.